The van der Waals surface area contributed by atoms with Crippen LogP contribution in [0.25, 0.3) is 10.2 Å². The van der Waals surface area contributed by atoms with Crippen molar-refractivity contribution < 1.29 is 0 Å². The van der Waals surface area contributed by atoms with Gasteiger partial charge in [0.1, 0.15) is 4.70 Å². The molecular formula is C12H16N2OS2. The Labute approximate surface area is 109 Å². The lowest BCUT2D eigenvalue weighted by Crippen LogP contribution is -2.25. The van der Waals surface area contributed by atoms with Gasteiger partial charge in [-0.3, -0.25) is 9.36 Å². The molecule has 1 N–H and O–H groups in total. The molecule has 0 bridgehead atoms. The van der Waals surface area contributed by atoms with Gasteiger partial charge in [-0.15, -0.1) is 11.3 Å². The third kappa shape index (κ3) is 2.35. The maximum absolute atomic E-state index is 12.3. The zero-order chi connectivity index (χ0) is 12.6. The van der Waals surface area contributed by atoms with E-state index in [9.17, 15) is 4.79 Å². The van der Waals surface area contributed by atoms with Gasteiger partial charge in [0.05, 0.1) is 5.52 Å². The van der Waals surface area contributed by atoms with Gasteiger partial charge in [-0.2, -0.15) is 0 Å². The Hall–Kier alpha value is -0.940. The fraction of sp³-hybridized carbons (Fsp3) is 0.500. The molecule has 2 aromatic rings. The highest BCUT2D eigenvalue weighted by atomic mass is 32.1. The van der Waals surface area contributed by atoms with Gasteiger partial charge in [0.15, 0.2) is 4.77 Å². The number of hydrogen-bond acceptors (Lipinski definition) is 3. The van der Waals surface area contributed by atoms with E-state index in [1.165, 1.54) is 11.3 Å². The fourth-order valence-corrected chi connectivity index (χ4v) is 3.30. The van der Waals surface area contributed by atoms with Crippen LogP contribution in [0.2, 0.25) is 0 Å². The van der Waals surface area contributed by atoms with Crippen LogP contribution in [-0.2, 0) is 0 Å². The Bertz CT molecular complexity index is 636. The van der Waals surface area contributed by atoms with E-state index in [0.29, 0.717) is 10.7 Å². The minimum Gasteiger partial charge on any atom is -0.331 e. The van der Waals surface area contributed by atoms with Crippen LogP contribution in [0.4, 0.5) is 0 Å². The minimum absolute atomic E-state index is 0.0342. The normalized spacial score (nSPS) is 13.4. The van der Waals surface area contributed by atoms with Gasteiger partial charge in [0.25, 0.3) is 5.56 Å². The topological polar surface area (TPSA) is 37.8 Å². The summed E-state index contributed by atoms with van der Waals surface area (Å²) in [5, 5.41) is 1.91. The molecule has 0 aliphatic carbocycles. The third-order valence-corrected chi connectivity index (χ3v) is 3.99. The van der Waals surface area contributed by atoms with Gasteiger partial charge in [0, 0.05) is 6.04 Å². The SMILES string of the molecule is CC(C)CC(C)n1c(=S)[nH]c2ccsc2c1=O. The highest BCUT2D eigenvalue weighted by molar-refractivity contribution is 7.71. The van der Waals surface area contributed by atoms with Gasteiger partial charge in [-0.25, -0.2) is 0 Å². The van der Waals surface area contributed by atoms with Crippen LogP contribution < -0.4 is 5.56 Å². The lowest BCUT2D eigenvalue weighted by molar-refractivity contribution is 0.414. The van der Waals surface area contributed by atoms with Crippen molar-refractivity contribution in [2.45, 2.75) is 33.2 Å². The lowest BCUT2D eigenvalue weighted by atomic mass is 10.1. The molecule has 17 heavy (non-hydrogen) atoms. The van der Waals surface area contributed by atoms with Gasteiger partial charge in [-0.05, 0) is 42.9 Å². The minimum atomic E-state index is 0.0342. The average molecular weight is 268 g/mol. The van der Waals surface area contributed by atoms with Gasteiger partial charge >= 0.3 is 0 Å². The Morgan fingerprint density at radius 1 is 1.47 bits per heavy atom. The summed E-state index contributed by atoms with van der Waals surface area (Å²) in [5.41, 5.74) is 0.880. The largest absolute Gasteiger partial charge is 0.331 e. The maximum atomic E-state index is 12.3. The molecule has 1 atom stereocenters. The van der Waals surface area contributed by atoms with E-state index in [2.05, 4.69) is 18.8 Å². The first-order chi connectivity index (χ1) is 8.00. The first kappa shape index (κ1) is 12.5. The van der Waals surface area contributed by atoms with Gasteiger partial charge in [0.2, 0.25) is 0 Å². The molecule has 0 aromatic carbocycles. The third-order valence-electron chi connectivity index (χ3n) is 2.79. The zero-order valence-electron chi connectivity index (χ0n) is 10.2. The molecule has 0 fully saturated rings. The number of nitrogens with zero attached hydrogens (tertiary/aromatic N) is 1. The molecule has 3 nitrogen and oxygen atoms in total. The van der Waals surface area contributed by atoms with Crippen LogP contribution in [0.5, 0.6) is 0 Å². The zero-order valence-corrected chi connectivity index (χ0v) is 11.8. The van der Waals surface area contributed by atoms with E-state index in [4.69, 9.17) is 12.2 Å². The molecule has 0 amide bonds. The molecule has 2 heterocycles. The van der Waals surface area contributed by atoms with Crippen molar-refractivity contribution in [2.24, 2.45) is 5.92 Å². The highest BCUT2D eigenvalue weighted by Crippen LogP contribution is 2.19. The van der Waals surface area contributed by atoms with Gasteiger partial charge < -0.3 is 4.98 Å². The molecule has 2 aromatic heterocycles. The van der Waals surface area contributed by atoms with Crippen LogP contribution in [0.3, 0.4) is 0 Å². The number of nitrogens with one attached hydrogen (secondary N) is 1. The van der Waals surface area contributed by atoms with E-state index in [1.54, 1.807) is 4.57 Å². The summed E-state index contributed by atoms with van der Waals surface area (Å²) < 4.78 is 2.98. The van der Waals surface area contributed by atoms with Gasteiger partial charge in [-0.1, -0.05) is 13.8 Å². The van der Waals surface area contributed by atoms with Crippen molar-refractivity contribution in [1.29, 1.82) is 0 Å². The summed E-state index contributed by atoms with van der Waals surface area (Å²) in [7, 11) is 0. The Morgan fingerprint density at radius 3 is 2.82 bits per heavy atom. The smallest absolute Gasteiger partial charge is 0.272 e. The predicted octanol–water partition coefficient (Wildman–Crippen LogP) is 3.73. The van der Waals surface area contributed by atoms with E-state index in [-0.39, 0.29) is 11.6 Å². The Kier molecular flexibility index (Phi) is 3.49. The molecule has 0 aliphatic heterocycles. The number of hydrogen-bond donors (Lipinski definition) is 1. The Morgan fingerprint density at radius 2 is 2.18 bits per heavy atom. The quantitative estimate of drug-likeness (QED) is 0.861. The van der Waals surface area contributed by atoms with Crippen molar-refractivity contribution >= 4 is 33.8 Å². The summed E-state index contributed by atoms with van der Waals surface area (Å²) in [5.74, 6) is 0.547. The predicted molar refractivity (Wildman–Crippen MR) is 75.4 cm³/mol. The average Bonchev–Trinajstić information content (AvgIpc) is 2.64. The van der Waals surface area contributed by atoms with E-state index < -0.39 is 0 Å². The van der Waals surface area contributed by atoms with E-state index in [0.717, 1.165) is 16.6 Å². The lowest BCUT2D eigenvalue weighted by Gasteiger charge is -2.17. The van der Waals surface area contributed by atoms with Crippen molar-refractivity contribution in [3.05, 3.63) is 26.6 Å². The number of aromatic nitrogens is 2. The maximum Gasteiger partial charge on any atom is 0.272 e. The standard InChI is InChI=1S/C12H16N2OS2/c1-7(2)6-8(3)14-11(15)10-9(4-5-17-10)13-12(14)16/h4-5,7-8H,6H2,1-3H3,(H,13,16). The van der Waals surface area contributed by atoms with Crippen LogP contribution >= 0.6 is 23.6 Å². The molecule has 2 rings (SSSR count). The number of rotatable bonds is 3. The summed E-state index contributed by atoms with van der Waals surface area (Å²) in [6.45, 7) is 6.35. The van der Waals surface area contributed by atoms with Crippen molar-refractivity contribution in [1.82, 2.24) is 9.55 Å². The second-order valence-corrected chi connectivity index (χ2v) is 6.05. The summed E-state index contributed by atoms with van der Waals surface area (Å²) in [6, 6.07) is 2.03. The molecule has 0 saturated heterocycles. The molecule has 0 aliphatic rings. The van der Waals surface area contributed by atoms with Crippen molar-refractivity contribution in [2.75, 3.05) is 0 Å². The van der Waals surface area contributed by atoms with Crippen molar-refractivity contribution in [3.8, 4) is 0 Å². The summed E-state index contributed by atoms with van der Waals surface area (Å²) >= 11 is 6.74. The fourth-order valence-electron chi connectivity index (χ4n) is 2.14. The summed E-state index contributed by atoms with van der Waals surface area (Å²) in [4.78, 5) is 15.4. The van der Waals surface area contributed by atoms with E-state index >= 15 is 0 Å². The Balaban J connectivity index is 2.60. The van der Waals surface area contributed by atoms with Crippen LogP contribution in [0, 0.1) is 10.7 Å². The molecule has 0 radical (unpaired) electrons. The van der Waals surface area contributed by atoms with Crippen LogP contribution in [0.1, 0.15) is 33.2 Å². The molecule has 1 unspecified atom stereocenters. The van der Waals surface area contributed by atoms with Crippen LogP contribution in [0.15, 0.2) is 16.2 Å². The summed E-state index contributed by atoms with van der Waals surface area (Å²) in [6.07, 6.45) is 0.953. The molecule has 5 heteroatoms. The molecule has 0 spiro atoms. The first-order valence-corrected chi connectivity index (χ1v) is 7.01. The first-order valence-electron chi connectivity index (χ1n) is 5.72. The molecular weight excluding hydrogens is 252 g/mol. The number of aromatic amines is 1. The number of thiophene rings is 1. The van der Waals surface area contributed by atoms with E-state index in [1.807, 2.05) is 18.4 Å². The second kappa shape index (κ2) is 4.74. The number of fused-ring (bicyclic) bond motifs is 1. The monoisotopic (exact) mass is 268 g/mol. The number of H-pyrrole nitrogens is 1. The van der Waals surface area contributed by atoms with Crippen LogP contribution in [-0.4, -0.2) is 9.55 Å². The second-order valence-electron chi connectivity index (χ2n) is 4.75. The highest BCUT2D eigenvalue weighted by Gasteiger charge is 2.13. The molecule has 0 saturated carbocycles. The van der Waals surface area contributed by atoms with Crippen molar-refractivity contribution in [3.63, 3.8) is 0 Å². The molecule has 92 valence electrons.